The molecule has 0 bridgehead atoms. The van der Waals surface area contributed by atoms with E-state index in [-0.39, 0.29) is 17.9 Å². The molecule has 2 saturated heterocycles. The van der Waals surface area contributed by atoms with Crippen molar-refractivity contribution in [2.75, 3.05) is 44.6 Å². The van der Waals surface area contributed by atoms with Crippen LogP contribution in [0, 0.1) is 0 Å². The maximum absolute atomic E-state index is 12.6. The highest BCUT2D eigenvalue weighted by molar-refractivity contribution is 6.31. The van der Waals surface area contributed by atoms with Crippen LogP contribution in [0.5, 0.6) is 0 Å². The lowest BCUT2D eigenvalue weighted by molar-refractivity contribution is 0.204. The molecule has 2 aliphatic heterocycles. The van der Waals surface area contributed by atoms with Gasteiger partial charge in [-0.3, -0.25) is 14.8 Å². The summed E-state index contributed by atoms with van der Waals surface area (Å²) < 4.78 is 1.41. The monoisotopic (exact) mass is 445 g/mol. The van der Waals surface area contributed by atoms with Crippen LogP contribution >= 0.6 is 11.6 Å². The van der Waals surface area contributed by atoms with E-state index in [2.05, 4.69) is 20.5 Å². The molecule has 0 saturated carbocycles. The Balaban J connectivity index is 1.43. The first kappa shape index (κ1) is 21.8. The fourth-order valence-corrected chi connectivity index (χ4v) is 4.13. The van der Waals surface area contributed by atoms with Gasteiger partial charge in [0.1, 0.15) is 5.82 Å². The van der Waals surface area contributed by atoms with Crippen LogP contribution in [-0.4, -0.2) is 70.7 Å². The van der Waals surface area contributed by atoms with Gasteiger partial charge in [-0.05, 0) is 49.7 Å². The van der Waals surface area contributed by atoms with E-state index in [4.69, 9.17) is 17.3 Å². The van der Waals surface area contributed by atoms with Crippen molar-refractivity contribution >= 4 is 23.4 Å². The van der Waals surface area contributed by atoms with Crippen LogP contribution in [0.2, 0.25) is 5.02 Å². The summed E-state index contributed by atoms with van der Waals surface area (Å²) in [5.41, 5.74) is 7.14. The molecule has 0 unspecified atom stereocenters. The van der Waals surface area contributed by atoms with Crippen LogP contribution < -0.4 is 22.1 Å². The zero-order chi connectivity index (χ0) is 21.8. The van der Waals surface area contributed by atoms with E-state index < -0.39 is 5.69 Å². The molecule has 3 heterocycles. The van der Waals surface area contributed by atoms with E-state index >= 15 is 0 Å². The molecule has 0 radical (unpaired) electrons. The van der Waals surface area contributed by atoms with Crippen molar-refractivity contribution in [3.8, 4) is 5.69 Å². The van der Waals surface area contributed by atoms with E-state index in [0.29, 0.717) is 23.8 Å². The van der Waals surface area contributed by atoms with Gasteiger partial charge in [0, 0.05) is 50.0 Å². The highest BCUT2D eigenvalue weighted by atomic mass is 35.5. The standard InChI is InChI=1S/C21H28ClN7O2/c22-18-13-17(2-1-15(18)14-27-8-3-16(23)4-9-27)29-10-5-19(26-21(29)31)25-20(30)28-11-6-24-7-12-28/h1-2,5,10,13,16,24H,3-4,6-9,11-12,14,23H2,(H,25,26,30,31). The van der Waals surface area contributed by atoms with Gasteiger partial charge in [-0.15, -0.1) is 0 Å². The van der Waals surface area contributed by atoms with Crippen LogP contribution in [0.25, 0.3) is 5.69 Å². The lowest BCUT2D eigenvalue weighted by Crippen LogP contribution is -2.48. The van der Waals surface area contributed by atoms with Crippen molar-refractivity contribution < 1.29 is 4.79 Å². The normalized spacial score (nSPS) is 18.2. The predicted octanol–water partition coefficient (Wildman–Crippen LogP) is 1.25. The van der Waals surface area contributed by atoms with Gasteiger partial charge < -0.3 is 16.0 Å². The van der Waals surface area contributed by atoms with Crippen molar-refractivity contribution in [2.24, 2.45) is 5.73 Å². The minimum absolute atomic E-state index is 0.232. The molecule has 4 N–H and O–H groups in total. The van der Waals surface area contributed by atoms with E-state index in [1.165, 1.54) is 4.57 Å². The summed E-state index contributed by atoms with van der Waals surface area (Å²) in [7, 11) is 0. The Morgan fingerprint density at radius 1 is 1.19 bits per heavy atom. The first-order valence-corrected chi connectivity index (χ1v) is 11.0. The van der Waals surface area contributed by atoms with Crippen LogP contribution in [0.3, 0.4) is 0 Å². The number of nitrogens with zero attached hydrogens (tertiary/aromatic N) is 4. The molecule has 2 fully saturated rings. The number of rotatable bonds is 4. The molecule has 2 aliphatic rings. The molecule has 0 atom stereocenters. The molecule has 0 aliphatic carbocycles. The van der Waals surface area contributed by atoms with Gasteiger partial charge >= 0.3 is 11.7 Å². The number of carbonyl (C=O) groups excluding carboxylic acids is 1. The second-order valence-electron chi connectivity index (χ2n) is 8.02. The molecule has 166 valence electrons. The molecule has 2 amide bonds. The molecule has 9 nitrogen and oxygen atoms in total. The van der Waals surface area contributed by atoms with Gasteiger partial charge in [-0.25, -0.2) is 9.59 Å². The van der Waals surface area contributed by atoms with Crippen molar-refractivity contribution in [3.05, 3.63) is 51.5 Å². The summed E-state index contributed by atoms with van der Waals surface area (Å²) in [6.07, 6.45) is 3.59. The van der Waals surface area contributed by atoms with E-state index in [9.17, 15) is 9.59 Å². The Kier molecular flexibility index (Phi) is 6.86. The number of benzene rings is 1. The Bertz CT molecular complexity index is 982. The number of anilines is 1. The number of nitrogens with two attached hydrogens (primary N) is 1. The summed E-state index contributed by atoms with van der Waals surface area (Å²) in [4.78, 5) is 32.9. The second kappa shape index (κ2) is 9.78. The van der Waals surface area contributed by atoms with Crippen molar-refractivity contribution in [2.45, 2.75) is 25.4 Å². The topological polar surface area (TPSA) is 109 Å². The molecule has 4 rings (SSSR count). The smallest absolute Gasteiger partial charge is 0.328 e. The quantitative estimate of drug-likeness (QED) is 0.653. The maximum Gasteiger partial charge on any atom is 0.354 e. The Morgan fingerprint density at radius 2 is 1.94 bits per heavy atom. The SMILES string of the molecule is NC1CCN(Cc2ccc(-n3ccc(NC(=O)N4CCNCC4)nc3=O)cc2Cl)CC1. The van der Waals surface area contributed by atoms with Gasteiger partial charge in [0.25, 0.3) is 0 Å². The minimum Gasteiger partial charge on any atom is -0.328 e. The summed E-state index contributed by atoms with van der Waals surface area (Å²) in [6, 6.07) is 7.22. The Morgan fingerprint density at radius 3 is 2.61 bits per heavy atom. The molecule has 31 heavy (non-hydrogen) atoms. The summed E-state index contributed by atoms with van der Waals surface area (Å²) in [5, 5.41) is 6.49. The second-order valence-corrected chi connectivity index (χ2v) is 8.43. The zero-order valence-corrected chi connectivity index (χ0v) is 18.1. The molecule has 1 aromatic heterocycles. The fourth-order valence-electron chi connectivity index (χ4n) is 3.89. The van der Waals surface area contributed by atoms with Gasteiger partial charge in [0.05, 0.1) is 5.69 Å². The third kappa shape index (κ3) is 5.43. The van der Waals surface area contributed by atoms with Gasteiger partial charge in [0.15, 0.2) is 0 Å². The van der Waals surface area contributed by atoms with E-state index in [0.717, 1.165) is 51.1 Å². The average Bonchev–Trinajstić information content (AvgIpc) is 2.77. The molecule has 0 spiro atoms. The Labute approximate surface area is 186 Å². The average molecular weight is 446 g/mol. The summed E-state index contributed by atoms with van der Waals surface area (Å²) >= 11 is 6.51. The number of piperazine rings is 1. The van der Waals surface area contributed by atoms with Crippen LogP contribution in [0.1, 0.15) is 18.4 Å². The molecule has 2 aromatic rings. The number of hydrogen-bond acceptors (Lipinski definition) is 6. The summed E-state index contributed by atoms with van der Waals surface area (Å²) in [6.45, 7) is 5.44. The van der Waals surface area contributed by atoms with E-state index in [1.54, 1.807) is 23.2 Å². The van der Waals surface area contributed by atoms with Gasteiger partial charge in [-0.1, -0.05) is 17.7 Å². The highest BCUT2D eigenvalue weighted by Crippen LogP contribution is 2.23. The molecular weight excluding hydrogens is 418 g/mol. The number of likely N-dealkylation sites (tertiary alicyclic amines) is 1. The van der Waals surface area contributed by atoms with Crippen LogP contribution in [-0.2, 0) is 6.54 Å². The van der Waals surface area contributed by atoms with Gasteiger partial charge in [0.2, 0.25) is 0 Å². The zero-order valence-electron chi connectivity index (χ0n) is 17.4. The van der Waals surface area contributed by atoms with Crippen molar-refractivity contribution in [3.63, 3.8) is 0 Å². The molecule has 1 aromatic carbocycles. The predicted molar refractivity (Wildman–Crippen MR) is 121 cm³/mol. The number of hydrogen-bond donors (Lipinski definition) is 3. The fraction of sp³-hybridized carbons (Fsp3) is 0.476. The van der Waals surface area contributed by atoms with Crippen LogP contribution in [0.4, 0.5) is 10.6 Å². The first-order valence-electron chi connectivity index (χ1n) is 10.6. The lowest BCUT2D eigenvalue weighted by Gasteiger charge is -2.30. The third-order valence-corrected chi connectivity index (χ3v) is 6.14. The van der Waals surface area contributed by atoms with E-state index in [1.807, 2.05) is 12.1 Å². The van der Waals surface area contributed by atoms with Gasteiger partial charge in [-0.2, -0.15) is 4.98 Å². The first-order chi connectivity index (χ1) is 15.0. The number of piperidine rings is 1. The minimum atomic E-state index is -0.480. The number of urea groups is 1. The lowest BCUT2D eigenvalue weighted by atomic mass is 10.1. The summed E-state index contributed by atoms with van der Waals surface area (Å²) in [5.74, 6) is 0.232. The number of carbonyl (C=O) groups is 1. The number of halogens is 1. The van der Waals surface area contributed by atoms with Crippen molar-refractivity contribution in [1.29, 1.82) is 0 Å². The third-order valence-electron chi connectivity index (χ3n) is 5.78. The molecule has 10 heteroatoms. The molecular formula is C21H28ClN7O2. The maximum atomic E-state index is 12.6. The largest absolute Gasteiger partial charge is 0.354 e. The Hall–Kier alpha value is -2.46. The number of aromatic nitrogens is 2. The highest BCUT2D eigenvalue weighted by Gasteiger charge is 2.18. The number of amides is 2. The van der Waals surface area contributed by atoms with Crippen LogP contribution in [0.15, 0.2) is 35.3 Å². The van der Waals surface area contributed by atoms with Crippen molar-refractivity contribution in [1.82, 2.24) is 24.7 Å². The number of nitrogens with one attached hydrogen (secondary N) is 2.